The molecule has 0 heterocycles. The molecule has 2 aromatic rings. The molecular formula is C20H26O2. The fourth-order valence-electron chi connectivity index (χ4n) is 2.60. The molecule has 0 fully saturated rings. The highest BCUT2D eigenvalue weighted by atomic mass is 16.4. The van der Waals surface area contributed by atoms with Gasteiger partial charge in [0.15, 0.2) is 0 Å². The molecule has 2 rings (SSSR count). The summed E-state index contributed by atoms with van der Waals surface area (Å²) in [7, 11) is 0. The lowest BCUT2D eigenvalue weighted by Gasteiger charge is -2.39. The molecule has 0 aliphatic carbocycles. The van der Waals surface area contributed by atoms with Crippen LogP contribution >= 0.6 is 0 Å². The first-order valence-electron chi connectivity index (χ1n) is 7.93. The van der Waals surface area contributed by atoms with Crippen LogP contribution in [0.3, 0.4) is 0 Å². The topological polar surface area (TPSA) is 40.5 Å². The second-order valence-corrected chi connectivity index (χ2v) is 6.52. The third-order valence-electron chi connectivity index (χ3n) is 4.65. The van der Waals surface area contributed by atoms with Gasteiger partial charge >= 0.3 is 0 Å². The van der Waals surface area contributed by atoms with Crippen LogP contribution in [-0.4, -0.2) is 21.4 Å². The van der Waals surface area contributed by atoms with Gasteiger partial charge in [0.2, 0.25) is 0 Å². The second kappa shape index (κ2) is 7.08. The van der Waals surface area contributed by atoms with Crippen molar-refractivity contribution in [2.24, 2.45) is 0 Å². The zero-order valence-electron chi connectivity index (χ0n) is 13.5. The van der Waals surface area contributed by atoms with Crippen molar-refractivity contribution in [1.29, 1.82) is 0 Å². The molecule has 22 heavy (non-hydrogen) atoms. The lowest BCUT2D eigenvalue weighted by molar-refractivity contribution is -0.138. The average molecular weight is 298 g/mol. The van der Waals surface area contributed by atoms with Gasteiger partial charge in [0.1, 0.15) is 0 Å². The Bertz CT molecular complexity index is 505. The third-order valence-corrected chi connectivity index (χ3v) is 4.65. The second-order valence-electron chi connectivity index (χ2n) is 6.52. The van der Waals surface area contributed by atoms with E-state index in [9.17, 15) is 10.2 Å². The molecule has 2 atom stereocenters. The number of aliphatic hydroxyl groups is 2. The van der Waals surface area contributed by atoms with E-state index >= 15 is 0 Å². The van der Waals surface area contributed by atoms with Gasteiger partial charge in [-0.3, -0.25) is 0 Å². The van der Waals surface area contributed by atoms with Gasteiger partial charge in [0, 0.05) is 0 Å². The minimum Gasteiger partial charge on any atom is -0.387 e. The van der Waals surface area contributed by atoms with Crippen LogP contribution in [0.1, 0.15) is 37.8 Å². The van der Waals surface area contributed by atoms with E-state index in [2.05, 4.69) is 24.3 Å². The molecule has 0 aliphatic heterocycles. The fraction of sp³-hybridized carbons (Fsp3) is 0.400. The highest BCUT2D eigenvalue weighted by molar-refractivity contribution is 5.17. The van der Waals surface area contributed by atoms with Crippen LogP contribution in [-0.2, 0) is 12.8 Å². The Labute approximate surface area is 133 Å². The lowest BCUT2D eigenvalue weighted by atomic mass is 9.78. The van der Waals surface area contributed by atoms with Crippen molar-refractivity contribution in [3.05, 3.63) is 71.8 Å². The quantitative estimate of drug-likeness (QED) is 0.817. The molecular weight excluding hydrogens is 272 g/mol. The van der Waals surface area contributed by atoms with E-state index in [1.165, 1.54) is 11.1 Å². The Morgan fingerprint density at radius 2 is 0.955 bits per heavy atom. The van der Waals surface area contributed by atoms with E-state index in [0.29, 0.717) is 12.8 Å². The molecule has 2 nitrogen and oxygen atoms in total. The van der Waals surface area contributed by atoms with Gasteiger partial charge in [-0.05, 0) is 50.7 Å². The molecule has 0 saturated carbocycles. The molecule has 2 aromatic carbocycles. The Morgan fingerprint density at radius 3 is 1.27 bits per heavy atom. The monoisotopic (exact) mass is 298 g/mol. The molecule has 0 spiro atoms. The predicted octanol–water partition coefficient (Wildman–Crippen LogP) is 3.75. The minimum absolute atomic E-state index is 0.540. The van der Waals surface area contributed by atoms with Crippen molar-refractivity contribution in [3.63, 3.8) is 0 Å². The maximum absolute atomic E-state index is 10.7. The van der Waals surface area contributed by atoms with Crippen LogP contribution in [0, 0.1) is 0 Å². The van der Waals surface area contributed by atoms with Gasteiger partial charge < -0.3 is 10.2 Å². The summed E-state index contributed by atoms with van der Waals surface area (Å²) in [5, 5.41) is 21.5. The largest absolute Gasteiger partial charge is 0.387 e. The smallest absolute Gasteiger partial charge is 0.0906 e. The average Bonchev–Trinajstić information content (AvgIpc) is 2.53. The Kier molecular flexibility index (Phi) is 5.38. The Morgan fingerprint density at radius 1 is 0.636 bits per heavy atom. The van der Waals surface area contributed by atoms with Crippen LogP contribution in [0.5, 0.6) is 0 Å². The SMILES string of the molecule is C[C@](O)(CCc1ccccc1)[C@@](C)(O)CCc1ccccc1. The predicted molar refractivity (Wildman–Crippen MR) is 90.8 cm³/mol. The molecule has 2 heteroatoms. The van der Waals surface area contributed by atoms with Gasteiger partial charge in [0.05, 0.1) is 11.2 Å². The molecule has 0 bridgehead atoms. The van der Waals surface area contributed by atoms with E-state index in [1.807, 2.05) is 36.4 Å². The summed E-state index contributed by atoms with van der Waals surface area (Å²) in [5.74, 6) is 0. The first-order valence-corrected chi connectivity index (χ1v) is 7.93. The van der Waals surface area contributed by atoms with Crippen molar-refractivity contribution in [2.45, 2.75) is 50.7 Å². The number of hydrogen-bond acceptors (Lipinski definition) is 2. The molecule has 2 N–H and O–H groups in total. The van der Waals surface area contributed by atoms with Gasteiger partial charge in [-0.25, -0.2) is 0 Å². The molecule has 118 valence electrons. The van der Waals surface area contributed by atoms with Gasteiger partial charge in [-0.15, -0.1) is 0 Å². The summed E-state index contributed by atoms with van der Waals surface area (Å²) in [6, 6.07) is 20.2. The zero-order chi connectivity index (χ0) is 16.1. The van der Waals surface area contributed by atoms with E-state index in [-0.39, 0.29) is 0 Å². The molecule has 0 aliphatic rings. The molecule has 0 aromatic heterocycles. The minimum atomic E-state index is -1.11. The summed E-state index contributed by atoms with van der Waals surface area (Å²) in [5.41, 5.74) is 0.137. The van der Waals surface area contributed by atoms with Crippen molar-refractivity contribution in [2.75, 3.05) is 0 Å². The van der Waals surface area contributed by atoms with E-state index < -0.39 is 11.2 Å². The summed E-state index contributed by atoms with van der Waals surface area (Å²) in [4.78, 5) is 0. The first kappa shape index (κ1) is 16.7. The van der Waals surface area contributed by atoms with Crippen LogP contribution in [0.15, 0.2) is 60.7 Å². The van der Waals surface area contributed by atoms with Crippen LogP contribution in [0.2, 0.25) is 0 Å². The molecule has 0 amide bonds. The summed E-state index contributed by atoms with van der Waals surface area (Å²) in [6.45, 7) is 3.47. The highest BCUT2D eigenvalue weighted by Gasteiger charge is 2.40. The normalized spacial score (nSPS) is 16.7. The Hall–Kier alpha value is -1.64. The number of benzene rings is 2. The third kappa shape index (κ3) is 4.43. The highest BCUT2D eigenvalue weighted by Crippen LogP contribution is 2.31. The maximum Gasteiger partial charge on any atom is 0.0906 e. The summed E-state index contributed by atoms with van der Waals surface area (Å²) >= 11 is 0. The number of aryl methyl sites for hydroxylation is 2. The first-order chi connectivity index (χ1) is 10.4. The van der Waals surface area contributed by atoms with Gasteiger partial charge in [-0.2, -0.15) is 0 Å². The van der Waals surface area contributed by atoms with Crippen molar-refractivity contribution >= 4 is 0 Å². The van der Waals surface area contributed by atoms with E-state index in [4.69, 9.17) is 0 Å². The van der Waals surface area contributed by atoms with Gasteiger partial charge in [0.25, 0.3) is 0 Å². The van der Waals surface area contributed by atoms with Crippen molar-refractivity contribution in [1.82, 2.24) is 0 Å². The molecule has 0 radical (unpaired) electrons. The lowest BCUT2D eigenvalue weighted by Crippen LogP contribution is -2.50. The standard InChI is InChI=1S/C20H26O2/c1-19(21,15-13-17-9-5-3-6-10-17)20(2,22)16-14-18-11-7-4-8-12-18/h3-12,21-22H,13-16H2,1-2H3/t19-,20-/m0/s1. The number of rotatable bonds is 7. The maximum atomic E-state index is 10.7. The van der Waals surface area contributed by atoms with Crippen molar-refractivity contribution in [3.8, 4) is 0 Å². The van der Waals surface area contributed by atoms with Crippen LogP contribution in [0.25, 0.3) is 0 Å². The van der Waals surface area contributed by atoms with E-state index in [0.717, 1.165) is 12.8 Å². The number of hydrogen-bond donors (Lipinski definition) is 2. The van der Waals surface area contributed by atoms with Crippen LogP contribution < -0.4 is 0 Å². The summed E-state index contributed by atoms with van der Waals surface area (Å²) in [6.07, 6.45) is 2.60. The van der Waals surface area contributed by atoms with E-state index in [1.54, 1.807) is 13.8 Å². The van der Waals surface area contributed by atoms with Gasteiger partial charge in [-0.1, -0.05) is 60.7 Å². The van der Waals surface area contributed by atoms with Crippen LogP contribution in [0.4, 0.5) is 0 Å². The summed E-state index contributed by atoms with van der Waals surface area (Å²) < 4.78 is 0. The zero-order valence-corrected chi connectivity index (χ0v) is 13.5. The fourth-order valence-corrected chi connectivity index (χ4v) is 2.60. The van der Waals surface area contributed by atoms with Crippen molar-refractivity contribution < 1.29 is 10.2 Å². The molecule has 0 saturated heterocycles. The molecule has 0 unspecified atom stereocenters. The Balaban J connectivity index is 1.93.